The molecule has 0 amide bonds. The fraction of sp³-hybridized carbons (Fsp3) is 0.750. The molecule has 0 aromatic heterocycles. The number of unbranched alkanes of at least 4 members (excludes halogenated alkanes) is 4. The van der Waals surface area contributed by atoms with E-state index in [9.17, 15) is 13.2 Å². The zero-order valence-corrected chi connectivity index (χ0v) is 18.0. The number of halogens is 3. The largest absolute Gasteiger partial charge is 0.573 e. The van der Waals surface area contributed by atoms with Crippen molar-refractivity contribution in [3.8, 4) is 5.75 Å². The SMILES string of the molecule is CCCCCCCC1CCC(C2COC(c3ccc(OC(F)(F)F)cc3)OC2)CC1. The molecule has 0 atom stereocenters. The van der Waals surface area contributed by atoms with Crippen molar-refractivity contribution in [2.75, 3.05) is 13.2 Å². The third-order valence-corrected chi connectivity index (χ3v) is 6.58. The summed E-state index contributed by atoms with van der Waals surface area (Å²) in [6.07, 6.45) is 8.13. The van der Waals surface area contributed by atoms with Crippen molar-refractivity contribution in [2.24, 2.45) is 17.8 Å². The standard InChI is InChI=1S/C24H35F3O3/c1-2-3-4-5-6-7-18-8-10-19(11-9-18)21-16-28-23(29-17-21)20-12-14-22(15-13-20)30-24(25,26)27/h12-15,18-19,21,23H,2-11,16-17H2,1H3. The summed E-state index contributed by atoms with van der Waals surface area (Å²) < 4.78 is 52.6. The topological polar surface area (TPSA) is 27.7 Å². The maximum atomic E-state index is 12.3. The van der Waals surface area contributed by atoms with E-state index in [1.54, 1.807) is 12.1 Å². The Labute approximate surface area is 178 Å². The highest BCUT2D eigenvalue weighted by Crippen LogP contribution is 2.39. The normalized spacial score (nSPS) is 27.7. The minimum absolute atomic E-state index is 0.234. The molecule has 0 unspecified atom stereocenters. The zero-order valence-electron chi connectivity index (χ0n) is 18.0. The van der Waals surface area contributed by atoms with E-state index in [4.69, 9.17) is 9.47 Å². The van der Waals surface area contributed by atoms with Crippen LogP contribution in [0.15, 0.2) is 24.3 Å². The molecular weight excluding hydrogens is 393 g/mol. The Morgan fingerprint density at radius 3 is 2.10 bits per heavy atom. The summed E-state index contributed by atoms with van der Waals surface area (Å²) in [4.78, 5) is 0. The molecule has 1 aromatic rings. The quantitative estimate of drug-likeness (QED) is 0.383. The van der Waals surface area contributed by atoms with Crippen molar-refractivity contribution in [3.05, 3.63) is 29.8 Å². The molecule has 0 spiro atoms. The van der Waals surface area contributed by atoms with E-state index in [0.717, 1.165) is 11.5 Å². The van der Waals surface area contributed by atoms with Gasteiger partial charge in [0, 0.05) is 11.5 Å². The van der Waals surface area contributed by atoms with Gasteiger partial charge < -0.3 is 14.2 Å². The van der Waals surface area contributed by atoms with Crippen LogP contribution in [0.5, 0.6) is 5.75 Å². The lowest BCUT2D eigenvalue weighted by Crippen LogP contribution is -2.34. The molecule has 0 radical (unpaired) electrons. The first-order valence-corrected chi connectivity index (χ1v) is 11.5. The van der Waals surface area contributed by atoms with E-state index in [1.807, 2.05) is 0 Å². The van der Waals surface area contributed by atoms with Crippen LogP contribution in [-0.4, -0.2) is 19.6 Å². The Bertz CT molecular complexity index is 601. The van der Waals surface area contributed by atoms with E-state index in [2.05, 4.69) is 11.7 Å². The van der Waals surface area contributed by atoms with Gasteiger partial charge in [0.25, 0.3) is 0 Å². The first-order chi connectivity index (χ1) is 14.4. The van der Waals surface area contributed by atoms with E-state index in [1.165, 1.54) is 76.3 Å². The van der Waals surface area contributed by atoms with Gasteiger partial charge in [-0.1, -0.05) is 70.4 Å². The summed E-state index contributed by atoms with van der Waals surface area (Å²) in [5.74, 6) is 1.73. The second-order valence-electron chi connectivity index (χ2n) is 8.86. The molecule has 1 aliphatic carbocycles. The number of alkyl halides is 3. The van der Waals surface area contributed by atoms with Crippen LogP contribution in [0.25, 0.3) is 0 Å². The van der Waals surface area contributed by atoms with E-state index >= 15 is 0 Å². The second-order valence-corrected chi connectivity index (χ2v) is 8.86. The zero-order chi connectivity index (χ0) is 21.4. The molecule has 170 valence electrons. The van der Waals surface area contributed by atoms with Crippen molar-refractivity contribution >= 4 is 0 Å². The van der Waals surface area contributed by atoms with Crippen LogP contribution in [0.1, 0.15) is 83.0 Å². The average molecular weight is 429 g/mol. The Hall–Kier alpha value is -1.27. The fourth-order valence-electron chi connectivity index (χ4n) is 4.79. The van der Waals surface area contributed by atoms with Crippen LogP contribution in [0.3, 0.4) is 0 Å². The Balaban J connectivity index is 1.36. The molecule has 3 rings (SSSR count). The highest BCUT2D eigenvalue weighted by atomic mass is 19.4. The van der Waals surface area contributed by atoms with Crippen LogP contribution >= 0.6 is 0 Å². The molecule has 2 aliphatic rings. The highest BCUT2D eigenvalue weighted by Gasteiger charge is 2.33. The van der Waals surface area contributed by atoms with Crippen molar-refractivity contribution < 1.29 is 27.4 Å². The van der Waals surface area contributed by atoms with Gasteiger partial charge in [-0.3, -0.25) is 0 Å². The first-order valence-electron chi connectivity index (χ1n) is 11.5. The molecule has 6 heteroatoms. The third-order valence-electron chi connectivity index (χ3n) is 6.58. The van der Waals surface area contributed by atoms with Crippen molar-refractivity contribution in [1.82, 2.24) is 0 Å². The minimum Gasteiger partial charge on any atom is -0.406 e. The maximum absolute atomic E-state index is 12.3. The van der Waals surface area contributed by atoms with Crippen LogP contribution in [-0.2, 0) is 9.47 Å². The van der Waals surface area contributed by atoms with Crippen LogP contribution < -0.4 is 4.74 Å². The van der Waals surface area contributed by atoms with Gasteiger partial charge >= 0.3 is 6.36 Å². The predicted molar refractivity (Wildman–Crippen MR) is 110 cm³/mol. The Morgan fingerprint density at radius 1 is 0.867 bits per heavy atom. The average Bonchev–Trinajstić information content (AvgIpc) is 2.74. The molecule has 1 saturated heterocycles. The summed E-state index contributed by atoms with van der Waals surface area (Å²) >= 11 is 0. The molecule has 3 nitrogen and oxygen atoms in total. The van der Waals surface area contributed by atoms with Gasteiger partial charge in [0.15, 0.2) is 6.29 Å². The summed E-state index contributed by atoms with van der Waals surface area (Å²) in [7, 11) is 0. The predicted octanol–water partition coefficient (Wildman–Crippen LogP) is 7.41. The van der Waals surface area contributed by atoms with Gasteiger partial charge in [-0.05, 0) is 36.8 Å². The smallest absolute Gasteiger partial charge is 0.406 e. The number of hydrogen-bond acceptors (Lipinski definition) is 3. The van der Waals surface area contributed by atoms with Crippen LogP contribution in [0.4, 0.5) is 13.2 Å². The molecule has 0 N–H and O–H groups in total. The van der Waals surface area contributed by atoms with Gasteiger partial charge in [0.1, 0.15) is 5.75 Å². The van der Waals surface area contributed by atoms with Gasteiger partial charge in [0.05, 0.1) is 13.2 Å². The number of benzene rings is 1. The first kappa shape index (κ1) is 23.4. The van der Waals surface area contributed by atoms with Crippen molar-refractivity contribution in [3.63, 3.8) is 0 Å². The number of ether oxygens (including phenoxy) is 3. The van der Waals surface area contributed by atoms with Gasteiger partial charge in [-0.15, -0.1) is 13.2 Å². The van der Waals surface area contributed by atoms with E-state index in [0.29, 0.717) is 25.0 Å². The summed E-state index contributed by atoms with van der Waals surface area (Å²) in [5.41, 5.74) is 0.717. The molecule has 1 saturated carbocycles. The van der Waals surface area contributed by atoms with E-state index in [-0.39, 0.29) is 5.75 Å². The monoisotopic (exact) mass is 428 g/mol. The second kappa shape index (κ2) is 11.4. The van der Waals surface area contributed by atoms with Gasteiger partial charge in [-0.2, -0.15) is 0 Å². The number of rotatable bonds is 9. The van der Waals surface area contributed by atoms with Crippen LogP contribution in [0, 0.1) is 17.8 Å². The van der Waals surface area contributed by atoms with Crippen LogP contribution in [0.2, 0.25) is 0 Å². The molecule has 30 heavy (non-hydrogen) atoms. The molecule has 1 aromatic carbocycles. The molecule has 0 bridgehead atoms. The number of hydrogen-bond donors (Lipinski definition) is 0. The minimum atomic E-state index is -4.68. The maximum Gasteiger partial charge on any atom is 0.573 e. The van der Waals surface area contributed by atoms with Gasteiger partial charge in [-0.25, -0.2) is 0 Å². The lowest BCUT2D eigenvalue weighted by molar-refractivity contribution is -0.274. The Morgan fingerprint density at radius 2 is 1.50 bits per heavy atom. The summed E-state index contributed by atoms with van der Waals surface area (Å²) in [6, 6.07) is 5.73. The molecule has 2 fully saturated rings. The fourth-order valence-corrected chi connectivity index (χ4v) is 4.79. The lowest BCUT2D eigenvalue weighted by Gasteiger charge is -2.38. The summed E-state index contributed by atoms with van der Waals surface area (Å²) in [6.45, 7) is 3.56. The van der Waals surface area contributed by atoms with Crippen molar-refractivity contribution in [1.29, 1.82) is 0 Å². The van der Waals surface area contributed by atoms with Crippen molar-refractivity contribution in [2.45, 2.75) is 83.8 Å². The molecular formula is C24H35F3O3. The van der Waals surface area contributed by atoms with Gasteiger partial charge in [0.2, 0.25) is 0 Å². The summed E-state index contributed by atoms with van der Waals surface area (Å²) in [5, 5.41) is 0. The lowest BCUT2D eigenvalue weighted by atomic mass is 9.74. The van der Waals surface area contributed by atoms with E-state index < -0.39 is 12.7 Å². The Kier molecular flexibility index (Phi) is 8.87. The third kappa shape index (κ3) is 7.45. The highest BCUT2D eigenvalue weighted by molar-refractivity contribution is 5.28. The molecule has 1 heterocycles. The molecule has 1 aliphatic heterocycles.